The van der Waals surface area contributed by atoms with Gasteiger partial charge in [-0.2, -0.15) is 0 Å². The second-order valence-electron chi connectivity index (χ2n) is 7.44. The summed E-state index contributed by atoms with van der Waals surface area (Å²) in [4.78, 5) is 32.1. The van der Waals surface area contributed by atoms with Crippen molar-refractivity contribution in [1.82, 2.24) is 4.90 Å². The summed E-state index contributed by atoms with van der Waals surface area (Å²) in [5.41, 5.74) is 4.37. The van der Waals surface area contributed by atoms with Crippen LogP contribution in [0, 0.1) is 20.8 Å². The molecule has 2 amide bonds. The number of aryl methyl sites for hydroxylation is 2. The van der Waals surface area contributed by atoms with E-state index < -0.39 is 5.25 Å². The van der Waals surface area contributed by atoms with Crippen LogP contribution < -0.4 is 5.32 Å². The summed E-state index contributed by atoms with van der Waals surface area (Å²) in [5.74, 6) is -0.375. The minimum absolute atomic E-state index is 0.0464. The Morgan fingerprint density at radius 2 is 2.03 bits per heavy atom. The molecular weight excluding hydrogens is 434 g/mol. The molecule has 0 aliphatic carbocycles. The van der Waals surface area contributed by atoms with E-state index in [0.29, 0.717) is 29.0 Å². The first-order valence-corrected chi connectivity index (χ1v) is 11.2. The number of amides is 2. The van der Waals surface area contributed by atoms with E-state index in [1.54, 1.807) is 30.2 Å². The maximum Gasteiger partial charge on any atom is 0.242 e. The van der Waals surface area contributed by atoms with Crippen molar-refractivity contribution in [2.24, 2.45) is 4.99 Å². The van der Waals surface area contributed by atoms with E-state index in [1.165, 1.54) is 11.8 Å². The second kappa shape index (κ2) is 10.3. The average molecular weight is 460 g/mol. The molecule has 1 atom stereocenters. The standard InChI is InChI=1S/C23H26ClN3O3S/c1-14-8-9-15(2)19(12-14)26-23-27(10-11-30-4)22(29)20(31-23)13-21(28)25-18-7-5-6-17(24)16(18)3/h5-9,12,20H,10-11,13H2,1-4H3,(H,25,28). The average Bonchev–Trinajstić information content (AvgIpc) is 3.01. The molecule has 1 aliphatic rings. The molecule has 0 radical (unpaired) electrons. The molecule has 3 rings (SSSR count). The van der Waals surface area contributed by atoms with Crippen molar-refractivity contribution in [3.05, 3.63) is 58.1 Å². The highest BCUT2D eigenvalue weighted by atomic mass is 35.5. The first-order chi connectivity index (χ1) is 14.8. The fourth-order valence-electron chi connectivity index (χ4n) is 3.17. The van der Waals surface area contributed by atoms with Crippen molar-refractivity contribution >= 4 is 51.7 Å². The summed E-state index contributed by atoms with van der Waals surface area (Å²) in [7, 11) is 1.59. The molecular formula is C23H26ClN3O3S. The van der Waals surface area contributed by atoms with Gasteiger partial charge < -0.3 is 10.1 Å². The van der Waals surface area contributed by atoms with E-state index in [4.69, 9.17) is 21.3 Å². The van der Waals surface area contributed by atoms with Gasteiger partial charge in [-0.3, -0.25) is 14.5 Å². The van der Waals surface area contributed by atoms with Gasteiger partial charge in [0.2, 0.25) is 11.8 Å². The van der Waals surface area contributed by atoms with E-state index in [2.05, 4.69) is 5.32 Å². The van der Waals surface area contributed by atoms with Crippen LogP contribution in [0.3, 0.4) is 0 Å². The van der Waals surface area contributed by atoms with Crippen LogP contribution in [0.1, 0.15) is 23.1 Å². The second-order valence-corrected chi connectivity index (χ2v) is 9.02. The number of carbonyl (C=O) groups excluding carboxylic acids is 2. The van der Waals surface area contributed by atoms with Gasteiger partial charge in [0.1, 0.15) is 5.25 Å². The van der Waals surface area contributed by atoms with Crippen molar-refractivity contribution in [1.29, 1.82) is 0 Å². The number of hydrogen-bond acceptors (Lipinski definition) is 5. The van der Waals surface area contributed by atoms with Gasteiger partial charge in [-0.1, -0.05) is 41.6 Å². The van der Waals surface area contributed by atoms with Crippen LogP contribution in [0.4, 0.5) is 11.4 Å². The SMILES string of the molecule is COCCN1C(=O)C(CC(=O)Nc2cccc(Cl)c2C)SC1=Nc1cc(C)ccc1C. The number of amidine groups is 1. The predicted molar refractivity (Wildman–Crippen MR) is 127 cm³/mol. The van der Waals surface area contributed by atoms with Crippen LogP contribution in [0.2, 0.25) is 5.02 Å². The molecule has 164 valence electrons. The zero-order valence-corrected chi connectivity index (χ0v) is 19.6. The summed E-state index contributed by atoms with van der Waals surface area (Å²) >= 11 is 7.45. The molecule has 2 aromatic rings. The minimum Gasteiger partial charge on any atom is -0.383 e. The zero-order chi connectivity index (χ0) is 22.5. The van der Waals surface area contributed by atoms with Gasteiger partial charge in [0, 0.05) is 24.2 Å². The van der Waals surface area contributed by atoms with Gasteiger partial charge in [-0.05, 0) is 55.7 Å². The molecule has 1 saturated heterocycles. The Labute approximate surface area is 192 Å². The number of aliphatic imine (C=N–C) groups is 1. The summed E-state index contributed by atoms with van der Waals surface area (Å²) in [5, 5.41) is 3.50. The lowest BCUT2D eigenvalue weighted by Gasteiger charge is -2.16. The van der Waals surface area contributed by atoms with Crippen LogP contribution in [0.15, 0.2) is 41.4 Å². The van der Waals surface area contributed by atoms with Gasteiger partial charge in [-0.25, -0.2) is 4.99 Å². The van der Waals surface area contributed by atoms with Crippen molar-refractivity contribution in [3.8, 4) is 0 Å². The first kappa shape index (κ1) is 23.3. The highest BCUT2D eigenvalue weighted by Gasteiger charge is 2.39. The maximum absolute atomic E-state index is 13.0. The van der Waals surface area contributed by atoms with E-state index in [9.17, 15) is 9.59 Å². The summed E-state index contributed by atoms with van der Waals surface area (Å²) < 4.78 is 5.16. The first-order valence-electron chi connectivity index (χ1n) is 9.98. The number of thioether (sulfide) groups is 1. The van der Waals surface area contributed by atoms with Crippen molar-refractivity contribution in [2.75, 3.05) is 25.6 Å². The molecule has 8 heteroatoms. The number of halogens is 1. The number of rotatable bonds is 7. The Bertz CT molecular complexity index is 1030. The third-order valence-electron chi connectivity index (χ3n) is 5.03. The van der Waals surface area contributed by atoms with Crippen molar-refractivity contribution in [3.63, 3.8) is 0 Å². The fraction of sp³-hybridized carbons (Fsp3) is 0.348. The van der Waals surface area contributed by atoms with Gasteiger partial charge in [0.15, 0.2) is 5.17 Å². The summed E-state index contributed by atoms with van der Waals surface area (Å²) in [6.07, 6.45) is 0.0464. The molecule has 1 fully saturated rings. The lowest BCUT2D eigenvalue weighted by Crippen LogP contribution is -2.35. The molecule has 1 N–H and O–H groups in total. The van der Waals surface area contributed by atoms with Crippen LogP contribution in [0.5, 0.6) is 0 Å². The third-order valence-corrected chi connectivity index (χ3v) is 6.62. The van der Waals surface area contributed by atoms with E-state index >= 15 is 0 Å². The fourth-order valence-corrected chi connectivity index (χ4v) is 4.52. The quantitative estimate of drug-likeness (QED) is 0.641. The highest BCUT2D eigenvalue weighted by molar-refractivity contribution is 8.15. The monoisotopic (exact) mass is 459 g/mol. The number of methoxy groups -OCH3 is 1. The van der Waals surface area contributed by atoms with Crippen molar-refractivity contribution in [2.45, 2.75) is 32.4 Å². The van der Waals surface area contributed by atoms with E-state index in [0.717, 1.165) is 22.4 Å². The largest absolute Gasteiger partial charge is 0.383 e. The molecule has 0 aromatic heterocycles. The number of nitrogens with zero attached hydrogens (tertiary/aromatic N) is 2. The Kier molecular flexibility index (Phi) is 7.75. The Morgan fingerprint density at radius 1 is 1.26 bits per heavy atom. The molecule has 0 bridgehead atoms. The number of ether oxygens (including phenoxy) is 1. The van der Waals surface area contributed by atoms with Gasteiger partial charge in [-0.15, -0.1) is 0 Å². The van der Waals surface area contributed by atoms with Crippen LogP contribution in [0.25, 0.3) is 0 Å². The highest BCUT2D eigenvalue weighted by Crippen LogP contribution is 2.33. The lowest BCUT2D eigenvalue weighted by molar-refractivity contribution is -0.128. The molecule has 1 heterocycles. The van der Waals surface area contributed by atoms with Gasteiger partial charge in [0.25, 0.3) is 0 Å². The van der Waals surface area contributed by atoms with E-state index in [-0.39, 0.29) is 18.2 Å². The smallest absolute Gasteiger partial charge is 0.242 e. The molecule has 1 aliphatic heterocycles. The number of nitrogens with one attached hydrogen (secondary N) is 1. The number of carbonyl (C=O) groups is 2. The zero-order valence-electron chi connectivity index (χ0n) is 18.1. The topological polar surface area (TPSA) is 71.0 Å². The molecule has 0 saturated carbocycles. The maximum atomic E-state index is 13.0. The number of anilines is 1. The van der Waals surface area contributed by atoms with Crippen LogP contribution >= 0.6 is 23.4 Å². The number of benzene rings is 2. The molecule has 0 spiro atoms. The minimum atomic E-state index is -0.541. The van der Waals surface area contributed by atoms with Gasteiger partial charge in [0.05, 0.1) is 18.8 Å². The lowest BCUT2D eigenvalue weighted by atomic mass is 10.1. The van der Waals surface area contributed by atoms with E-state index in [1.807, 2.05) is 39.0 Å². The molecule has 31 heavy (non-hydrogen) atoms. The normalized spacial score (nSPS) is 17.5. The molecule has 2 aromatic carbocycles. The Balaban J connectivity index is 1.79. The predicted octanol–water partition coefficient (Wildman–Crippen LogP) is 4.87. The van der Waals surface area contributed by atoms with Crippen LogP contribution in [-0.4, -0.2) is 47.4 Å². The third kappa shape index (κ3) is 5.67. The molecule has 6 nitrogen and oxygen atoms in total. The Morgan fingerprint density at radius 3 is 2.77 bits per heavy atom. The van der Waals surface area contributed by atoms with Crippen LogP contribution in [-0.2, 0) is 14.3 Å². The Hall–Kier alpha value is -2.35. The van der Waals surface area contributed by atoms with Crippen molar-refractivity contribution < 1.29 is 14.3 Å². The summed E-state index contributed by atoms with van der Waals surface area (Å²) in [6, 6.07) is 11.4. The number of hydrogen-bond donors (Lipinski definition) is 1. The molecule has 1 unspecified atom stereocenters. The van der Waals surface area contributed by atoms with Gasteiger partial charge >= 0.3 is 0 Å². The summed E-state index contributed by atoms with van der Waals surface area (Å²) in [6.45, 7) is 6.60.